The van der Waals surface area contributed by atoms with Crippen LogP contribution in [0.25, 0.3) is 5.57 Å². The topological polar surface area (TPSA) is 136 Å². The zero-order valence-electron chi connectivity index (χ0n) is 27.8. The van der Waals surface area contributed by atoms with Crippen molar-refractivity contribution in [1.82, 2.24) is 0 Å². The molecule has 0 aromatic heterocycles. The maximum Gasteiger partial charge on any atom is 0.294 e. The molecule has 0 unspecified atom stereocenters. The second kappa shape index (κ2) is 14.8. The molecule has 0 atom stereocenters. The molecular formula is C38H39N3O6S2. The van der Waals surface area contributed by atoms with E-state index in [4.69, 9.17) is 4.99 Å². The van der Waals surface area contributed by atoms with Crippen molar-refractivity contribution in [3.05, 3.63) is 148 Å². The van der Waals surface area contributed by atoms with Gasteiger partial charge in [0.25, 0.3) is 20.2 Å². The fourth-order valence-electron chi connectivity index (χ4n) is 5.73. The number of nitrogens with one attached hydrogen (secondary N) is 1. The lowest BCUT2D eigenvalue weighted by atomic mass is 9.88. The van der Waals surface area contributed by atoms with Crippen LogP contribution in [0.1, 0.15) is 41.7 Å². The zero-order chi connectivity index (χ0) is 35.3. The molecule has 0 aliphatic heterocycles. The number of aryl methyl sites for hydroxylation is 1. The van der Waals surface area contributed by atoms with Gasteiger partial charge in [0.05, 0.1) is 22.0 Å². The smallest absolute Gasteiger partial charge is 0.294 e. The van der Waals surface area contributed by atoms with E-state index in [0.717, 1.165) is 62.6 Å². The molecule has 0 radical (unpaired) electrons. The highest BCUT2D eigenvalue weighted by atomic mass is 32.2. The Balaban J connectivity index is 1.47. The maximum absolute atomic E-state index is 11.6. The Morgan fingerprint density at radius 1 is 0.776 bits per heavy atom. The molecule has 254 valence electrons. The molecule has 11 heteroatoms. The van der Waals surface area contributed by atoms with Crippen LogP contribution in [0.5, 0.6) is 0 Å². The van der Waals surface area contributed by atoms with E-state index < -0.39 is 20.2 Å². The van der Waals surface area contributed by atoms with Crippen LogP contribution in [0.2, 0.25) is 0 Å². The number of hydrogen-bond acceptors (Lipinski definition) is 7. The Labute approximate surface area is 288 Å². The quantitative estimate of drug-likeness (QED) is 0.137. The van der Waals surface area contributed by atoms with E-state index in [0.29, 0.717) is 12.1 Å². The van der Waals surface area contributed by atoms with E-state index in [1.165, 1.54) is 24.3 Å². The lowest BCUT2D eigenvalue weighted by Gasteiger charge is -2.21. The van der Waals surface area contributed by atoms with Gasteiger partial charge in [-0.25, -0.2) is 0 Å². The Hall–Kier alpha value is -4.81. The van der Waals surface area contributed by atoms with E-state index in [1.54, 1.807) is 18.2 Å². The predicted octanol–water partition coefficient (Wildman–Crippen LogP) is 7.52. The average molecular weight is 698 g/mol. The van der Waals surface area contributed by atoms with Gasteiger partial charge in [0.15, 0.2) is 0 Å². The maximum atomic E-state index is 11.6. The third-order valence-electron chi connectivity index (χ3n) is 8.21. The Morgan fingerprint density at radius 3 is 1.98 bits per heavy atom. The number of benzene rings is 4. The molecule has 0 saturated carbocycles. The number of aliphatic imine (C=N–C) groups is 1. The SMILES string of the molecule is CCNc1ccc(C(=C2C=CC(=NCc3cccc(S(=O)(=O)O)c3)C(C)=C2)c2ccc(N(C)Cc3cccc(S(=O)(=O)O)c3)cc2)cc1C. The minimum Gasteiger partial charge on any atom is -0.385 e. The van der Waals surface area contributed by atoms with Gasteiger partial charge in [0.1, 0.15) is 0 Å². The second-order valence-electron chi connectivity index (χ2n) is 11.9. The summed E-state index contributed by atoms with van der Waals surface area (Å²) in [6, 6.07) is 27.0. The highest BCUT2D eigenvalue weighted by molar-refractivity contribution is 7.86. The number of hydrogen-bond donors (Lipinski definition) is 3. The van der Waals surface area contributed by atoms with Gasteiger partial charge in [-0.05, 0) is 126 Å². The molecule has 9 nitrogen and oxygen atoms in total. The Kier molecular flexibility index (Phi) is 10.7. The summed E-state index contributed by atoms with van der Waals surface area (Å²) in [7, 11) is -6.67. The van der Waals surface area contributed by atoms with E-state index >= 15 is 0 Å². The van der Waals surface area contributed by atoms with Crippen molar-refractivity contribution in [1.29, 1.82) is 0 Å². The van der Waals surface area contributed by atoms with Crippen molar-refractivity contribution in [3.8, 4) is 0 Å². The molecule has 4 aromatic rings. The van der Waals surface area contributed by atoms with Gasteiger partial charge >= 0.3 is 0 Å². The fourth-order valence-corrected chi connectivity index (χ4v) is 6.83. The summed E-state index contributed by atoms with van der Waals surface area (Å²) in [6.45, 7) is 7.64. The van der Waals surface area contributed by atoms with Crippen LogP contribution in [-0.4, -0.2) is 45.2 Å². The lowest BCUT2D eigenvalue weighted by molar-refractivity contribution is 0.481. The Bertz CT molecular complexity index is 2220. The molecule has 0 amide bonds. The molecule has 0 spiro atoms. The average Bonchev–Trinajstić information content (AvgIpc) is 3.05. The van der Waals surface area contributed by atoms with Crippen LogP contribution in [0.15, 0.2) is 135 Å². The first kappa shape index (κ1) is 35.5. The predicted molar refractivity (Wildman–Crippen MR) is 196 cm³/mol. The molecule has 5 rings (SSSR count). The number of allylic oxidation sites excluding steroid dienone is 5. The summed E-state index contributed by atoms with van der Waals surface area (Å²) < 4.78 is 65.3. The monoisotopic (exact) mass is 697 g/mol. The second-order valence-corrected chi connectivity index (χ2v) is 14.7. The summed E-state index contributed by atoms with van der Waals surface area (Å²) >= 11 is 0. The number of anilines is 2. The number of rotatable bonds is 11. The molecule has 0 heterocycles. The lowest BCUT2D eigenvalue weighted by Crippen LogP contribution is -2.16. The molecule has 1 aliphatic rings. The third kappa shape index (κ3) is 8.81. The summed E-state index contributed by atoms with van der Waals surface area (Å²) in [5, 5.41) is 3.41. The van der Waals surface area contributed by atoms with E-state index in [2.05, 4.69) is 55.6 Å². The Morgan fingerprint density at radius 2 is 1.39 bits per heavy atom. The molecule has 0 saturated heterocycles. The van der Waals surface area contributed by atoms with Gasteiger partial charge in [-0.3, -0.25) is 14.1 Å². The van der Waals surface area contributed by atoms with Gasteiger partial charge in [0.2, 0.25) is 0 Å². The highest BCUT2D eigenvalue weighted by Gasteiger charge is 2.16. The van der Waals surface area contributed by atoms with Gasteiger partial charge < -0.3 is 10.2 Å². The summed E-state index contributed by atoms with van der Waals surface area (Å²) in [5.41, 5.74) is 10.4. The minimum atomic E-state index is -4.30. The van der Waals surface area contributed by atoms with Gasteiger partial charge in [-0.15, -0.1) is 0 Å². The van der Waals surface area contributed by atoms with Crippen molar-refractivity contribution >= 4 is 42.9 Å². The van der Waals surface area contributed by atoms with Crippen molar-refractivity contribution in [2.45, 2.75) is 43.7 Å². The largest absolute Gasteiger partial charge is 0.385 e. The van der Waals surface area contributed by atoms with Crippen molar-refractivity contribution < 1.29 is 25.9 Å². The normalized spacial score (nSPS) is 15.2. The summed E-state index contributed by atoms with van der Waals surface area (Å²) in [4.78, 5) is 6.44. The third-order valence-corrected chi connectivity index (χ3v) is 9.91. The van der Waals surface area contributed by atoms with Crippen LogP contribution in [-0.2, 0) is 33.3 Å². The number of nitrogens with zero attached hydrogens (tertiary/aromatic N) is 2. The van der Waals surface area contributed by atoms with E-state index in [9.17, 15) is 25.9 Å². The van der Waals surface area contributed by atoms with Crippen molar-refractivity contribution in [3.63, 3.8) is 0 Å². The molecular weight excluding hydrogens is 659 g/mol. The first-order valence-electron chi connectivity index (χ1n) is 15.7. The first-order chi connectivity index (χ1) is 23.2. The fraction of sp³-hybridized carbons (Fsp3) is 0.184. The molecule has 3 N–H and O–H groups in total. The van der Waals surface area contributed by atoms with Crippen LogP contribution < -0.4 is 10.2 Å². The van der Waals surface area contributed by atoms with Crippen LogP contribution >= 0.6 is 0 Å². The van der Waals surface area contributed by atoms with Crippen LogP contribution in [0, 0.1) is 6.92 Å². The first-order valence-corrected chi connectivity index (χ1v) is 18.6. The molecule has 0 bridgehead atoms. The van der Waals surface area contributed by atoms with Crippen molar-refractivity contribution in [2.24, 2.45) is 4.99 Å². The van der Waals surface area contributed by atoms with Gasteiger partial charge in [-0.2, -0.15) is 16.8 Å². The molecule has 1 aliphatic carbocycles. The standard InChI is InChI=1S/C38H39N3O6S2/c1-5-39-36-18-14-31(20-26(36)2)38(30-12-16-33(17-13-30)41(4)25-29-9-7-11-35(23-29)49(45,46)47)32-15-19-37(27(3)21-32)40-24-28-8-6-10-34(22-28)48(42,43)44/h6-23,39H,5,24-25H2,1-4H3,(H,42,43,44)(H,45,46,47). The zero-order valence-corrected chi connectivity index (χ0v) is 29.4. The summed E-state index contributed by atoms with van der Waals surface area (Å²) in [6.07, 6.45) is 6.09. The molecule has 4 aromatic carbocycles. The summed E-state index contributed by atoms with van der Waals surface area (Å²) in [5.74, 6) is 0. The minimum absolute atomic E-state index is 0.135. The molecule has 0 fully saturated rings. The van der Waals surface area contributed by atoms with Crippen LogP contribution in [0.3, 0.4) is 0 Å². The van der Waals surface area contributed by atoms with Gasteiger partial charge in [0, 0.05) is 31.5 Å². The van der Waals surface area contributed by atoms with E-state index in [1.807, 2.05) is 49.2 Å². The van der Waals surface area contributed by atoms with Crippen LogP contribution in [0.4, 0.5) is 11.4 Å². The molecule has 49 heavy (non-hydrogen) atoms. The van der Waals surface area contributed by atoms with E-state index in [-0.39, 0.29) is 16.3 Å². The highest BCUT2D eigenvalue weighted by Crippen LogP contribution is 2.34. The van der Waals surface area contributed by atoms with Gasteiger partial charge in [-0.1, -0.05) is 48.5 Å². The van der Waals surface area contributed by atoms with Crippen molar-refractivity contribution in [2.75, 3.05) is 23.8 Å².